The first-order chi connectivity index (χ1) is 13.5. The molecule has 0 aliphatic carbocycles. The summed E-state index contributed by atoms with van der Waals surface area (Å²) in [4.78, 5) is 38.3. The minimum absolute atomic E-state index is 0.0687. The fraction of sp³-hybridized carbons (Fsp3) is 0.200. The van der Waals surface area contributed by atoms with Crippen LogP contribution >= 0.6 is 11.6 Å². The molecule has 1 aromatic heterocycles. The Balaban J connectivity index is 2.19. The summed E-state index contributed by atoms with van der Waals surface area (Å²) in [7, 11) is 0. The van der Waals surface area contributed by atoms with E-state index in [1.807, 2.05) is 6.92 Å². The van der Waals surface area contributed by atoms with Crippen molar-refractivity contribution < 1.29 is 4.79 Å². The number of rotatable bonds is 6. The Bertz CT molecular complexity index is 1110. The lowest BCUT2D eigenvalue weighted by molar-refractivity contribution is 0.0944. The lowest BCUT2D eigenvalue weighted by atomic mass is 10.2. The molecule has 28 heavy (non-hydrogen) atoms. The van der Waals surface area contributed by atoms with Crippen molar-refractivity contribution in [3.63, 3.8) is 0 Å². The van der Waals surface area contributed by atoms with Crippen molar-refractivity contribution >= 4 is 17.5 Å². The van der Waals surface area contributed by atoms with Crippen LogP contribution in [-0.2, 0) is 6.54 Å². The number of benzene rings is 2. The molecule has 1 amide bonds. The first-order valence-corrected chi connectivity index (χ1v) is 9.22. The van der Waals surface area contributed by atoms with Crippen molar-refractivity contribution in [2.45, 2.75) is 19.9 Å². The van der Waals surface area contributed by atoms with Gasteiger partial charge in [-0.3, -0.25) is 14.2 Å². The van der Waals surface area contributed by atoms with Crippen LogP contribution in [0.1, 0.15) is 29.4 Å². The second-order valence-electron chi connectivity index (χ2n) is 6.12. The first-order valence-electron chi connectivity index (χ1n) is 8.84. The van der Waals surface area contributed by atoms with E-state index in [9.17, 15) is 14.4 Å². The summed E-state index contributed by atoms with van der Waals surface area (Å²) < 4.78 is 2.03. The maximum absolute atomic E-state index is 13.0. The highest BCUT2D eigenvalue weighted by Crippen LogP contribution is 2.15. The molecule has 3 rings (SSSR count). The van der Waals surface area contributed by atoms with Gasteiger partial charge >= 0.3 is 5.69 Å². The number of hydrogen-bond acceptors (Lipinski definition) is 4. The maximum Gasteiger partial charge on any atom is 0.352 e. The topological polar surface area (TPSA) is 86.0 Å². The highest BCUT2D eigenvalue weighted by Gasteiger charge is 2.20. The van der Waals surface area contributed by atoms with E-state index in [0.717, 1.165) is 9.25 Å². The molecule has 0 saturated heterocycles. The lowest BCUT2D eigenvalue weighted by Gasteiger charge is -2.12. The third kappa shape index (κ3) is 4.04. The zero-order valence-electron chi connectivity index (χ0n) is 15.3. The van der Waals surface area contributed by atoms with Gasteiger partial charge in [-0.05, 0) is 30.2 Å². The number of carbonyl (C=O) groups excluding carboxylic acids is 1. The van der Waals surface area contributed by atoms with Crippen LogP contribution in [-0.4, -0.2) is 26.8 Å². The molecule has 0 bridgehead atoms. The van der Waals surface area contributed by atoms with Crippen molar-refractivity contribution in [1.29, 1.82) is 0 Å². The third-order valence-electron chi connectivity index (χ3n) is 4.10. The molecule has 2 aromatic carbocycles. The Morgan fingerprint density at radius 3 is 2.43 bits per heavy atom. The molecule has 0 fully saturated rings. The number of nitrogens with one attached hydrogen (secondary N) is 1. The molecular formula is C20H19ClN4O3. The van der Waals surface area contributed by atoms with Gasteiger partial charge in [-0.25, -0.2) is 4.79 Å². The molecule has 0 aliphatic rings. The molecule has 7 nitrogen and oxygen atoms in total. The summed E-state index contributed by atoms with van der Waals surface area (Å²) in [5.41, 5.74) is -0.711. The molecule has 3 aromatic rings. The van der Waals surface area contributed by atoms with Gasteiger partial charge in [0.25, 0.3) is 11.5 Å². The Hall–Kier alpha value is -3.19. The van der Waals surface area contributed by atoms with E-state index < -0.39 is 17.2 Å². The summed E-state index contributed by atoms with van der Waals surface area (Å²) in [6.07, 6.45) is 0.706. The zero-order valence-corrected chi connectivity index (χ0v) is 16.0. The standard InChI is InChI=1S/C20H19ClN4O3/c1-2-12-22-18(26)17-19(27)24(13-14-8-6-7-11-16(14)21)20(28)25(23-17)15-9-4-3-5-10-15/h3-11H,2,12-13H2,1H3,(H,22,26). The van der Waals surface area contributed by atoms with E-state index >= 15 is 0 Å². The quantitative estimate of drug-likeness (QED) is 0.690. The van der Waals surface area contributed by atoms with Crippen molar-refractivity contribution in [2.75, 3.05) is 6.54 Å². The van der Waals surface area contributed by atoms with E-state index in [1.165, 1.54) is 0 Å². The van der Waals surface area contributed by atoms with Crippen LogP contribution in [0, 0.1) is 0 Å². The van der Waals surface area contributed by atoms with Gasteiger partial charge in [-0.2, -0.15) is 9.78 Å². The van der Waals surface area contributed by atoms with Gasteiger partial charge in [-0.15, -0.1) is 0 Å². The van der Waals surface area contributed by atoms with Crippen LogP contribution in [0.15, 0.2) is 64.2 Å². The fourth-order valence-corrected chi connectivity index (χ4v) is 2.85. The van der Waals surface area contributed by atoms with Crippen LogP contribution in [0.5, 0.6) is 0 Å². The summed E-state index contributed by atoms with van der Waals surface area (Å²) in [6.45, 7) is 2.23. The second kappa shape index (κ2) is 8.67. The van der Waals surface area contributed by atoms with E-state index in [-0.39, 0.29) is 12.2 Å². The van der Waals surface area contributed by atoms with E-state index in [0.29, 0.717) is 29.2 Å². The van der Waals surface area contributed by atoms with Crippen LogP contribution in [0.3, 0.4) is 0 Å². The van der Waals surface area contributed by atoms with Gasteiger partial charge in [0.15, 0.2) is 0 Å². The zero-order chi connectivity index (χ0) is 20.1. The average Bonchev–Trinajstić information content (AvgIpc) is 2.71. The molecule has 1 N–H and O–H groups in total. The average molecular weight is 399 g/mol. The van der Waals surface area contributed by atoms with Gasteiger partial charge < -0.3 is 5.32 Å². The Morgan fingerprint density at radius 2 is 1.75 bits per heavy atom. The number of halogens is 1. The summed E-state index contributed by atoms with van der Waals surface area (Å²) in [5, 5.41) is 7.10. The highest BCUT2D eigenvalue weighted by molar-refractivity contribution is 6.31. The summed E-state index contributed by atoms with van der Waals surface area (Å²) in [5.74, 6) is -0.621. The fourth-order valence-electron chi connectivity index (χ4n) is 2.65. The third-order valence-corrected chi connectivity index (χ3v) is 4.47. The summed E-state index contributed by atoms with van der Waals surface area (Å²) >= 11 is 6.19. The van der Waals surface area contributed by atoms with Gasteiger partial charge in [0, 0.05) is 11.6 Å². The van der Waals surface area contributed by atoms with E-state index in [4.69, 9.17) is 11.6 Å². The molecule has 0 radical (unpaired) electrons. The minimum atomic E-state index is -0.759. The molecule has 0 unspecified atom stereocenters. The Labute approximate surface area is 166 Å². The molecule has 0 atom stereocenters. The highest BCUT2D eigenvalue weighted by atomic mass is 35.5. The van der Waals surface area contributed by atoms with Crippen LogP contribution < -0.4 is 16.6 Å². The minimum Gasteiger partial charge on any atom is -0.350 e. The Morgan fingerprint density at radius 1 is 1.07 bits per heavy atom. The van der Waals surface area contributed by atoms with Crippen LogP contribution in [0.4, 0.5) is 0 Å². The van der Waals surface area contributed by atoms with Gasteiger partial charge in [-0.1, -0.05) is 54.9 Å². The number of aromatic nitrogens is 3. The number of carbonyl (C=O) groups is 1. The number of amides is 1. The molecule has 1 heterocycles. The molecule has 0 saturated carbocycles. The van der Waals surface area contributed by atoms with Crippen molar-refractivity contribution in [3.05, 3.63) is 91.7 Å². The summed E-state index contributed by atoms with van der Waals surface area (Å²) in [6, 6.07) is 15.5. The number of para-hydroxylation sites is 1. The van der Waals surface area contributed by atoms with Crippen molar-refractivity contribution in [2.24, 2.45) is 0 Å². The molecule has 0 aliphatic heterocycles. The lowest BCUT2D eigenvalue weighted by Crippen LogP contribution is -2.46. The molecule has 144 valence electrons. The molecule has 8 heteroatoms. The normalized spacial score (nSPS) is 10.6. The maximum atomic E-state index is 13.0. The predicted molar refractivity (Wildman–Crippen MR) is 107 cm³/mol. The molecule has 0 spiro atoms. The first kappa shape index (κ1) is 19.6. The van der Waals surface area contributed by atoms with Crippen molar-refractivity contribution in [1.82, 2.24) is 19.7 Å². The van der Waals surface area contributed by atoms with Gasteiger partial charge in [0.2, 0.25) is 5.69 Å². The monoisotopic (exact) mass is 398 g/mol. The number of nitrogens with zero attached hydrogens (tertiary/aromatic N) is 3. The number of hydrogen-bond donors (Lipinski definition) is 1. The van der Waals surface area contributed by atoms with Gasteiger partial charge in [0.05, 0.1) is 12.2 Å². The van der Waals surface area contributed by atoms with Crippen LogP contribution in [0.25, 0.3) is 5.69 Å². The van der Waals surface area contributed by atoms with Crippen LogP contribution in [0.2, 0.25) is 5.02 Å². The largest absolute Gasteiger partial charge is 0.352 e. The SMILES string of the molecule is CCCNC(=O)c1nn(-c2ccccc2)c(=O)n(Cc2ccccc2Cl)c1=O. The molecular weight excluding hydrogens is 380 g/mol. The van der Waals surface area contributed by atoms with Gasteiger partial charge in [0.1, 0.15) is 0 Å². The predicted octanol–water partition coefficient (Wildman–Crippen LogP) is 2.24. The van der Waals surface area contributed by atoms with Crippen molar-refractivity contribution in [3.8, 4) is 5.69 Å². The Kier molecular flexibility index (Phi) is 6.06. The van der Waals surface area contributed by atoms with E-state index in [1.54, 1.807) is 54.6 Å². The smallest absolute Gasteiger partial charge is 0.350 e. The second-order valence-corrected chi connectivity index (χ2v) is 6.52. The van der Waals surface area contributed by atoms with E-state index in [2.05, 4.69) is 10.4 Å².